The van der Waals surface area contributed by atoms with Crippen molar-refractivity contribution in [3.8, 4) is 5.75 Å². The zero-order valence-electron chi connectivity index (χ0n) is 14.5. The Kier molecular flexibility index (Phi) is 5.78. The molecule has 2 aromatic rings. The monoisotopic (exact) mass is 379 g/mol. The first-order chi connectivity index (χ1) is 12.9. The molecule has 0 saturated heterocycles. The van der Waals surface area contributed by atoms with Crippen LogP contribution in [-0.4, -0.2) is 28.6 Å². The highest BCUT2D eigenvalue weighted by atomic mass is 19.4. The lowest BCUT2D eigenvalue weighted by Gasteiger charge is -2.24. The van der Waals surface area contributed by atoms with Crippen molar-refractivity contribution in [3.05, 3.63) is 36.2 Å². The van der Waals surface area contributed by atoms with Crippen molar-refractivity contribution in [3.63, 3.8) is 0 Å². The van der Waals surface area contributed by atoms with Crippen molar-refractivity contribution in [2.24, 2.45) is 0 Å². The van der Waals surface area contributed by atoms with Crippen molar-refractivity contribution in [1.82, 2.24) is 9.97 Å². The van der Waals surface area contributed by atoms with Gasteiger partial charge in [-0.2, -0.15) is 0 Å². The fraction of sp³-hybridized carbons (Fsp3) is 0.389. The SMILES string of the molecule is N=Cc1c(Nc2ccc(OC(F)(F)F)cc2)ncnc1NC1CCCCC1. The molecule has 1 aliphatic carbocycles. The molecule has 144 valence electrons. The summed E-state index contributed by atoms with van der Waals surface area (Å²) in [6.45, 7) is 0. The summed E-state index contributed by atoms with van der Waals surface area (Å²) in [7, 11) is 0. The summed E-state index contributed by atoms with van der Waals surface area (Å²) in [6, 6.07) is 5.64. The van der Waals surface area contributed by atoms with E-state index in [1.54, 1.807) is 0 Å². The maximum atomic E-state index is 12.2. The van der Waals surface area contributed by atoms with E-state index < -0.39 is 6.36 Å². The number of halogens is 3. The number of rotatable bonds is 6. The first-order valence-corrected chi connectivity index (χ1v) is 8.69. The van der Waals surface area contributed by atoms with E-state index in [4.69, 9.17) is 5.41 Å². The largest absolute Gasteiger partial charge is 0.573 e. The van der Waals surface area contributed by atoms with Crippen LogP contribution in [0.4, 0.5) is 30.5 Å². The topological polar surface area (TPSA) is 82.9 Å². The van der Waals surface area contributed by atoms with Gasteiger partial charge in [0.05, 0.1) is 5.56 Å². The smallest absolute Gasteiger partial charge is 0.406 e. The number of hydrogen-bond donors (Lipinski definition) is 3. The van der Waals surface area contributed by atoms with Crippen molar-refractivity contribution >= 4 is 23.5 Å². The van der Waals surface area contributed by atoms with E-state index in [-0.39, 0.29) is 5.75 Å². The molecule has 9 heteroatoms. The van der Waals surface area contributed by atoms with E-state index in [0.29, 0.717) is 28.9 Å². The summed E-state index contributed by atoms with van der Waals surface area (Å²) in [4.78, 5) is 8.40. The lowest BCUT2D eigenvalue weighted by atomic mass is 9.95. The molecule has 1 fully saturated rings. The molecule has 6 nitrogen and oxygen atoms in total. The van der Waals surface area contributed by atoms with Gasteiger partial charge in [0.2, 0.25) is 0 Å². The predicted molar refractivity (Wildman–Crippen MR) is 96.8 cm³/mol. The van der Waals surface area contributed by atoms with Crippen LogP contribution in [0.5, 0.6) is 5.75 Å². The van der Waals surface area contributed by atoms with Crippen LogP contribution < -0.4 is 15.4 Å². The summed E-state index contributed by atoms with van der Waals surface area (Å²) in [5, 5.41) is 14.1. The summed E-state index contributed by atoms with van der Waals surface area (Å²) >= 11 is 0. The Hall–Kier alpha value is -2.84. The van der Waals surface area contributed by atoms with Gasteiger partial charge in [-0.15, -0.1) is 13.2 Å². The molecule has 0 spiro atoms. The van der Waals surface area contributed by atoms with E-state index in [9.17, 15) is 13.2 Å². The van der Waals surface area contributed by atoms with Crippen LogP contribution in [0.1, 0.15) is 37.7 Å². The van der Waals surface area contributed by atoms with Crippen molar-refractivity contribution in [2.45, 2.75) is 44.5 Å². The minimum absolute atomic E-state index is 0.303. The van der Waals surface area contributed by atoms with Crippen LogP contribution in [0.15, 0.2) is 30.6 Å². The van der Waals surface area contributed by atoms with Crippen LogP contribution in [-0.2, 0) is 0 Å². The van der Waals surface area contributed by atoms with E-state index >= 15 is 0 Å². The average Bonchev–Trinajstić information content (AvgIpc) is 2.63. The molecule has 1 aromatic heterocycles. The second-order valence-electron chi connectivity index (χ2n) is 6.31. The molecule has 1 aliphatic rings. The highest BCUT2D eigenvalue weighted by Crippen LogP contribution is 2.28. The normalized spacial score (nSPS) is 15.2. The molecule has 0 bridgehead atoms. The van der Waals surface area contributed by atoms with Gasteiger partial charge in [0.15, 0.2) is 0 Å². The molecule has 0 atom stereocenters. The molecule has 0 radical (unpaired) electrons. The fourth-order valence-electron chi connectivity index (χ4n) is 3.06. The maximum absolute atomic E-state index is 12.2. The van der Waals surface area contributed by atoms with Gasteiger partial charge in [0.25, 0.3) is 0 Å². The Bertz CT molecular complexity index is 774. The molecule has 0 amide bonds. The van der Waals surface area contributed by atoms with Crippen molar-refractivity contribution in [1.29, 1.82) is 5.41 Å². The van der Waals surface area contributed by atoms with E-state index in [0.717, 1.165) is 19.1 Å². The number of nitrogens with one attached hydrogen (secondary N) is 3. The zero-order chi connectivity index (χ0) is 19.3. The third kappa shape index (κ3) is 5.32. The number of benzene rings is 1. The second kappa shape index (κ2) is 8.24. The van der Waals surface area contributed by atoms with E-state index in [1.807, 2.05) is 0 Å². The quantitative estimate of drug-likeness (QED) is 0.624. The van der Waals surface area contributed by atoms with Gasteiger partial charge in [0.1, 0.15) is 23.7 Å². The van der Waals surface area contributed by atoms with Crippen LogP contribution in [0.25, 0.3) is 0 Å². The molecule has 0 aliphatic heterocycles. The Labute approximate surface area is 154 Å². The van der Waals surface area contributed by atoms with Gasteiger partial charge in [0, 0.05) is 17.9 Å². The third-order valence-electron chi connectivity index (χ3n) is 4.32. The lowest BCUT2D eigenvalue weighted by Crippen LogP contribution is -2.24. The first-order valence-electron chi connectivity index (χ1n) is 8.69. The maximum Gasteiger partial charge on any atom is 0.573 e. The average molecular weight is 379 g/mol. The lowest BCUT2D eigenvalue weighted by molar-refractivity contribution is -0.274. The molecule has 0 unspecified atom stereocenters. The van der Waals surface area contributed by atoms with Gasteiger partial charge in [-0.1, -0.05) is 19.3 Å². The molecule has 3 rings (SSSR count). The number of hydrogen-bond acceptors (Lipinski definition) is 6. The Morgan fingerprint density at radius 3 is 2.33 bits per heavy atom. The molecule has 27 heavy (non-hydrogen) atoms. The highest BCUT2D eigenvalue weighted by molar-refractivity contribution is 5.91. The van der Waals surface area contributed by atoms with Gasteiger partial charge in [-0.25, -0.2) is 9.97 Å². The minimum atomic E-state index is -4.73. The van der Waals surface area contributed by atoms with Gasteiger partial charge in [-0.3, -0.25) is 0 Å². The Morgan fingerprint density at radius 2 is 1.70 bits per heavy atom. The molecule has 1 saturated carbocycles. The van der Waals surface area contributed by atoms with Gasteiger partial charge in [-0.05, 0) is 37.1 Å². The van der Waals surface area contributed by atoms with Crippen LogP contribution in [0.3, 0.4) is 0 Å². The van der Waals surface area contributed by atoms with Gasteiger partial charge >= 0.3 is 6.36 Å². The van der Waals surface area contributed by atoms with Crippen LogP contribution in [0, 0.1) is 5.41 Å². The number of nitrogens with zero attached hydrogens (tertiary/aromatic N) is 2. The summed E-state index contributed by atoms with van der Waals surface area (Å²) in [6.07, 6.45) is 3.52. The number of alkyl halides is 3. The molecule has 3 N–H and O–H groups in total. The molecule has 1 heterocycles. The third-order valence-corrected chi connectivity index (χ3v) is 4.32. The number of aromatic nitrogens is 2. The predicted octanol–water partition coefficient (Wildman–Crippen LogP) is 4.86. The highest BCUT2D eigenvalue weighted by Gasteiger charge is 2.31. The standard InChI is InChI=1S/C18H20F3N5O/c19-18(20,21)27-14-8-6-13(7-9-14)26-17-15(10-22)16(23-11-24-17)25-12-4-2-1-3-5-12/h6-12,22H,1-5H2,(H2,23,24,25,26). The van der Waals surface area contributed by atoms with E-state index in [2.05, 4.69) is 25.3 Å². The van der Waals surface area contributed by atoms with Crippen molar-refractivity contribution in [2.75, 3.05) is 10.6 Å². The summed E-state index contributed by atoms with van der Waals surface area (Å²) < 4.78 is 40.6. The molecular formula is C18H20F3N5O. The van der Waals surface area contributed by atoms with Crippen LogP contribution >= 0.6 is 0 Å². The van der Waals surface area contributed by atoms with Gasteiger partial charge < -0.3 is 20.8 Å². The summed E-state index contributed by atoms with van der Waals surface area (Å²) in [5.74, 6) is 0.678. The second-order valence-corrected chi connectivity index (χ2v) is 6.31. The Morgan fingerprint density at radius 1 is 1.04 bits per heavy atom. The number of ether oxygens (including phenoxy) is 1. The molecular weight excluding hydrogens is 359 g/mol. The summed E-state index contributed by atoms with van der Waals surface area (Å²) in [5.41, 5.74) is 1.02. The minimum Gasteiger partial charge on any atom is -0.406 e. The molecule has 1 aromatic carbocycles. The zero-order valence-corrected chi connectivity index (χ0v) is 14.5. The Balaban J connectivity index is 1.74. The fourth-order valence-corrected chi connectivity index (χ4v) is 3.06. The van der Waals surface area contributed by atoms with Crippen molar-refractivity contribution < 1.29 is 17.9 Å². The van der Waals surface area contributed by atoms with Crippen LogP contribution in [0.2, 0.25) is 0 Å². The number of anilines is 3. The van der Waals surface area contributed by atoms with E-state index in [1.165, 1.54) is 49.9 Å². The first kappa shape index (κ1) is 18.9.